The molecule has 0 aromatic heterocycles. The minimum absolute atomic E-state index is 0.237. The molecule has 5 rings (SSSR count). The fourth-order valence-electron chi connectivity index (χ4n) is 4.23. The molecule has 2 aromatic carbocycles. The van der Waals surface area contributed by atoms with Gasteiger partial charge in [-0.3, -0.25) is 4.90 Å². The summed E-state index contributed by atoms with van der Waals surface area (Å²) in [5.74, 6) is 3.44. The lowest BCUT2D eigenvalue weighted by Crippen LogP contribution is -2.58. The Bertz CT molecular complexity index is 980. The van der Waals surface area contributed by atoms with Gasteiger partial charge in [-0.1, -0.05) is 6.42 Å². The van der Waals surface area contributed by atoms with Gasteiger partial charge in [0.25, 0.3) is 0 Å². The van der Waals surface area contributed by atoms with E-state index in [1.54, 1.807) is 0 Å². The van der Waals surface area contributed by atoms with E-state index in [0.29, 0.717) is 23.2 Å². The van der Waals surface area contributed by atoms with Gasteiger partial charge in [0.1, 0.15) is 17.2 Å². The Kier molecular flexibility index (Phi) is 4.19. The average Bonchev–Trinajstić information content (AvgIpc) is 3.17. The van der Waals surface area contributed by atoms with Crippen LogP contribution in [0.5, 0.6) is 23.0 Å². The van der Waals surface area contributed by atoms with Crippen molar-refractivity contribution < 1.29 is 14.2 Å². The molecule has 1 fully saturated rings. The van der Waals surface area contributed by atoms with Crippen LogP contribution in [0.3, 0.4) is 0 Å². The summed E-state index contributed by atoms with van der Waals surface area (Å²) >= 11 is 0. The van der Waals surface area contributed by atoms with Gasteiger partial charge in [0, 0.05) is 11.8 Å². The molecule has 2 aromatic rings. The topological polar surface area (TPSA) is 108 Å². The van der Waals surface area contributed by atoms with Gasteiger partial charge in [0.05, 0.1) is 0 Å². The maximum Gasteiger partial charge on any atom is 0.231 e. The summed E-state index contributed by atoms with van der Waals surface area (Å²) in [6.45, 7) is 0.237. The van der Waals surface area contributed by atoms with E-state index in [-0.39, 0.29) is 12.8 Å². The Morgan fingerprint density at radius 1 is 0.897 bits per heavy atom. The predicted molar refractivity (Wildman–Crippen MR) is 111 cm³/mol. The smallest absolute Gasteiger partial charge is 0.231 e. The summed E-state index contributed by atoms with van der Waals surface area (Å²) in [7, 11) is 0. The van der Waals surface area contributed by atoms with Crippen molar-refractivity contribution >= 4 is 17.6 Å². The van der Waals surface area contributed by atoms with Gasteiger partial charge in [-0.25, -0.2) is 4.99 Å². The first-order valence-corrected chi connectivity index (χ1v) is 9.80. The molecule has 0 atom stereocenters. The lowest BCUT2D eigenvalue weighted by molar-refractivity contribution is 0.174. The molecule has 0 radical (unpaired) electrons. The van der Waals surface area contributed by atoms with Crippen molar-refractivity contribution in [2.45, 2.75) is 37.8 Å². The molecule has 2 aliphatic heterocycles. The van der Waals surface area contributed by atoms with Crippen LogP contribution in [0.4, 0.5) is 5.69 Å². The third kappa shape index (κ3) is 3.20. The van der Waals surface area contributed by atoms with Crippen LogP contribution < -0.4 is 30.6 Å². The molecule has 8 heteroatoms. The molecule has 0 unspecified atom stereocenters. The van der Waals surface area contributed by atoms with Crippen LogP contribution in [0.1, 0.15) is 32.1 Å². The van der Waals surface area contributed by atoms with Gasteiger partial charge in [-0.15, -0.1) is 0 Å². The number of rotatable bonds is 3. The fraction of sp³-hybridized carbons (Fsp3) is 0.333. The number of hydrogen-bond donors (Lipinski definition) is 2. The summed E-state index contributed by atoms with van der Waals surface area (Å²) in [5.41, 5.74) is 12.7. The SMILES string of the molecule is NC1=NC2(CCCCC2)N(c2ccc(Oc3ccc4c(c3)OCO4)cc2)C(N)=N1. The zero-order valence-electron chi connectivity index (χ0n) is 16.0. The number of aliphatic imine (C=N–C) groups is 2. The first kappa shape index (κ1) is 17.7. The molecular formula is C21H23N5O3. The summed E-state index contributed by atoms with van der Waals surface area (Å²) in [5, 5.41) is 0. The van der Waals surface area contributed by atoms with Gasteiger partial charge in [0.2, 0.25) is 18.7 Å². The van der Waals surface area contributed by atoms with Gasteiger partial charge in [-0.2, -0.15) is 4.99 Å². The Labute approximate surface area is 168 Å². The van der Waals surface area contributed by atoms with E-state index in [2.05, 4.69) is 4.99 Å². The Hall–Kier alpha value is -3.42. The van der Waals surface area contributed by atoms with E-state index < -0.39 is 5.66 Å². The van der Waals surface area contributed by atoms with E-state index in [0.717, 1.165) is 37.1 Å². The second kappa shape index (κ2) is 6.88. The lowest BCUT2D eigenvalue weighted by Gasteiger charge is -2.45. The van der Waals surface area contributed by atoms with Crippen LogP contribution in [-0.2, 0) is 0 Å². The Morgan fingerprint density at radius 3 is 2.41 bits per heavy atom. The molecule has 2 heterocycles. The van der Waals surface area contributed by atoms with E-state index in [1.165, 1.54) is 6.42 Å². The lowest BCUT2D eigenvalue weighted by atomic mass is 9.87. The third-order valence-corrected chi connectivity index (χ3v) is 5.53. The zero-order valence-corrected chi connectivity index (χ0v) is 16.0. The maximum atomic E-state index is 6.28. The molecule has 150 valence electrons. The number of anilines is 1. The van der Waals surface area contributed by atoms with Gasteiger partial charge < -0.3 is 25.7 Å². The minimum Gasteiger partial charge on any atom is -0.457 e. The van der Waals surface area contributed by atoms with E-state index >= 15 is 0 Å². The fourth-order valence-corrected chi connectivity index (χ4v) is 4.23. The molecular weight excluding hydrogens is 370 g/mol. The van der Waals surface area contributed by atoms with Crippen LogP contribution in [-0.4, -0.2) is 24.4 Å². The number of guanidine groups is 2. The van der Waals surface area contributed by atoms with Crippen molar-refractivity contribution in [3.05, 3.63) is 42.5 Å². The van der Waals surface area contributed by atoms with Crippen LogP contribution in [0, 0.1) is 0 Å². The second-order valence-electron chi connectivity index (χ2n) is 7.43. The van der Waals surface area contributed by atoms with Crippen LogP contribution >= 0.6 is 0 Å². The molecule has 1 saturated carbocycles. The maximum absolute atomic E-state index is 6.28. The van der Waals surface area contributed by atoms with Crippen LogP contribution in [0.15, 0.2) is 52.4 Å². The van der Waals surface area contributed by atoms with Crippen molar-refractivity contribution in [3.63, 3.8) is 0 Å². The molecule has 4 N–H and O–H groups in total. The summed E-state index contributed by atoms with van der Waals surface area (Å²) in [6, 6.07) is 13.3. The van der Waals surface area contributed by atoms with Crippen molar-refractivity contribution in [2.75, 3.05) is 11.7 Å². The largest absolute Gasteiger partial charge is 0.457 e. The number of nitrogens with two attached hydrogens (primary N) is 2. The highest BCUT2D eigenvalue weighted by molar-refractivity contribution is 6.05. The zero-order chi connectivity index (χ0) is 19.8. The molecule has 0 amide bonds. The summed E-state index contributed by atoms with van der Waals surface area (Å²) in [4.78, 5) is 10.9. The summed E-state index contributed by atoms with van der Waals surface area (Å²) in [6.07, 6.45) is 5.18. The number of hydrogen-bond acceptors (Lipinski definition) is 8. The minimum atomic E-state index is -0.451. The molecule has 29 heavy (non-hydrogen) atoms. The molecule has 3 aliphatic rings. The number of fused-ring (bicyclic) bond motifs is 1. The van der Waals surface area contributed by atoms with Crippen LogP contribution in [0.25, 0.3) is 0 Å². The standard InChI is InChI=1S/C21H23N5O3/c22-19-24-20(23)26(21(25-19)10-2-1-3-11-21)14-4-6-15(7-5-14)29-16-8-9-17-18(12-16)28-13-27-17/h4-9,12H,1-3,10-11,13H2,(H4,22,23,24,25). The molecule has 1 spiro atoms. The number of benzene rings is 2. The third-order valence-electron chi connectivity index (χ3n) is 5.53. The average molecular weight is 393 g/mol. The molecule has 0 bridgehead atoms. The molecule has 8 nitrogen and oxygen atoms in total. The van der Waals surface area contributed by atoms with Gasteiger partial charge >= 0.3 is 0 Å². The predicted octanol–water partition coefficient (Wildman–Crippen LogP) is 3.32. The van der Waals surface area contributed by atoms with Gasteiger partial charge in [-0.05, 0) is 62.1 Å². The normalized spacial score (nSPS) is 19.7. The molecule has 1 aliphatic carbocycles. The van der Waals surface area contributed by atoms with E-state index in [1.807, 2.05) is 47.4 Å². The Balaban J connectivity index is 1.39. The first-order valence-electron chi connectivity index (χ1n) is 9.80. The van der Waals surface area contributed by atoms with Crippen molar-refractivity contribution in [3.8, 4) is 23.0 Å². The highest BCUT2D eigenvalue weighted by Crippen LogP contribution is 2.40. The van der Waals surface area contributed by atoms with Crippen molar-refractivity contribution in [2.24, 2.45) is 21.5 Å². The molecule has 0 saturated heterocycles. The van der Waals surface area contributed by atoms with Crippen molar-refractivity contribution in [1.29, 1.82) is 0 Å². The van der Waals surface area contributed by atoms with E-state index in [9.17, 15) is 0 Å². The van der Waals surface area contributed by atoms with E-state index in [4.69, 9.17) is 30.7 Å². The number of nitrogens with zero attached hydrogens (tertiary/aromatic N) is 3. The highest BCUT2D eigenvalue weighted by atomic mass is 16.7. The Morgan fingerprint density at radius 2 is 1.62 bits per heavy atom. The summed E-state index contributed by atoms with van der Waals surface area (Å²) < 4.78 is 16.7. The van der Waals surface area contributed by atoms with Gasteiger partial charge in [0.15, 0.2) is 11.5 Å². The monoisotopic (exact) mass is 393 g/mol. The second-order valence-corrected chi connectivity index (χ2v) is 7.43. The highest BCUT2D eigenvalue weighted by Gasteiger charge is 2.42. The first-order chi connectivity index (χ1) is 14.1. The number of ether oxygens (including phenoxy) is 3. The van der Waals surface area contributed by atoms with Crippen LogP contribution in [0.2, 0.25) is 0 Å². The quantitative estimate of drug-likeness (QED) is 0.828. The van der Waals surface area contributed by atoms with Crippen molar-refractivity contribution in [1.82, 2.24) is 0 Å².